The fraction of sp³-hybridized carbons (Fsp3) is 0.476. The lowest BCUT2D eigenvalue weighted by molar-refractivity contribution is -0.242. The van der Waals surface area contributed by atoms with Gasteiger partial charge in [-0.1, -0.05) is 30.3 Å². The van der Waals surface area contributed by atoms with Crippen LogP contribution in [0, 0.1) is 6.92 Å². The van der Waals surface area contributed by atoms with Gasteiger partial charge in [0.05, 0.1) is 19.8 Å². The molecule has 36 heavy (non-hydrogen) atoms. The minimum absolute atomic E-state index is 0.0444. The Kier molecular flexibility index (Phi) is 6.94. The number of aliphatic hydroxyl groups is 1. The third kappa shape index (κ3) is 4.10. The summed E-state index contributed by atoms with van der Waals surface area (Å²) in [6.45, 7) is 2.29. The van der Waals surface area contributed by atoms with Crippen molar-refractivity contribution in [1.82, 2.24) is 15.0 Å². The number of hydroxylamine groups is 1. The van der Waals surface area contributed by atoms with Crippen molar-refractivity contribution in [3.63, 3.8) is 0 Å². The molecule has 1 unspecified atom stereocenters. The Morgan fingerprint density at radius 1 is 1.33 bits per heavy atom. The molecule has 5 N–H and O–H groups in total. The van der Waals surface area contributed by atoms with E-state index in [1.54, 1.807) is 6.07 Å². The molecule has 2 saturated heterocycles. The standard InChI is InChI=1S/C21H26N3O11P/c1-11-9-24(19(28)22-17(11)27)18-14-16(26)20(34-18,10-33-14)21(35-36(29,30)31,13-7-5-4-6-8-13)15(25)12(2)23-32-3/h4-9,12,14,16,18,23,26H,10H2,1-3H3,(H,22,27,28)(H2,29,30,31)/t12-,14-,16+,18+,20-,21?/m0/s1. The average Bonchev–Trinajstić information content (AvgIpc) is 3.30. The van der Waals surface area contributed by atoms with E-state index in [0.29, 0.717) is 0 Å². The number of fused-ring (bicyclic) bond motifs is 2. The normalized spacial score (nSPS) is 28.1. The van der Waals surface area contributed by atoms with Gasteiger partial charge in [0.2, 0.25) is 0 Å². The lowest BCUT2D eigenvalue weighted by Crippen LogP contribution is -2.66. The Bertz CT molecular complexity index is 1310. The molecule has 15 heteroatoms. The smallest absolute Gasteiger partial charge is 0.387 e. The Balaban J connectivity index is 1.97. The Labute approximate surface area is 204 Å². The highest BCUT2D eigenvalue weighted by Crippen LogP contribution is 2.60. The van der Waals surface area contributed by atoms with Gasteiger partial charge in [-0.15, -0.1) is 0 Å². The maximum Gasteiger partial charge on any atom is 0.471 e. The van der Waals surface area contributed by atoms with Crippen LogP contribution in [-0.2, 0) is 33.8 Å². The van der Waals surface area contributed by atoms with Crippen molar-refractivity contribution in [2.45, 2.75) is 49.5 Å². The Morgan fingerprint density at radius 2 is 2.00 bits per heavy atom. The monoisotopic (exact) mass is 527 g/mol. The highest BCUT2D eigenvalue weighted by atomic mass is 31.2. The number of hydrogen-bond acceptors (Lipinski definition) is 10. The Hall–Kier alpha value is -2.52. The number of phosphoric acid groups is 1. The van der Waals surface area contributed by atoms with Crippen LogP contribution in [-0.4, -0.2) is 67.8 Å². The molecule has 1 aromatic carbocycles. The number of ether oxygens (including phenoxy) is 2. The molecule has 0 aliphatic carbocycles. The van der Waals surface area contributed by atoms with E-state index in [1.807, 2.05) is 0 Å². The topological polar surface area (TPSA) is 199 Å². The van der Waals surface area contributed by atoms with Gasteiger partial charge in [-0.2, -0.15) is 5.48 Å². The number of aromatic amines is 1. The van der Waals surface area contributed by atoms with Gasteiger partial charge in [-0.25, -0.2) is 9.36 Å². The summed E-state index contributed by atoms with van der Waals surface area (Å²) in [6, 6.07) is 6.17. The number of phosphoric ester groups is 1. The van der Waals surface area contributed by atoms with Gasteiger partial charge in [0.15, 0.2) is 23.2 Å². The quantitative estimate of drug-likeness (QED) is 0.197. The number of Topliss-reactive ketones (excluding diaryl/α,β-unsaturated/α-hetero) is 1. The van der Waals surface area contributed by atoms with E-state index in [2.05, 4.69) is 10.5 Å². The number of carbonyl (C=O) groups excluding carboxylic acids is 1. The van der Waals surface area contributed by atoms with Gasteiger partial charge in [-0.3, -0.25) is 23.7 Å². The van der Waals surface area contributed by atoms with Crippen molar-refractivity contribution in [2.24, 2.45) is 0 Å². The molecule has 1 aromatic heterocycles. The van der Waals surface area contributed by atoms with Gasteiger partial charge >= 0.3 is 13.5 Å². The van der Waals surface area contributed by atoms with Crippen molar-refractivity contribution in [3.8, 4) is 0 Å². The molecule has 0 radical (unpaired) electrons. The van der Waals surface area contributed by atoms with Gasteiger partial charge in [0.1, 0.15) is 12.2 Å². The average molecular weight is 527 g/mol. The van der Waals surface area contributed by atoms with Crippen LogP contribution in [0.1, 0.15) is 24.3 Å². The first kappa shape index (κ1) is 26.5. The van der Waals surface area contributed by atoms with Crippen LogP contribution in [0.4, 0.5) is 0 Å². The minimum Gasteiger partial charge on any atom is -0.387 e. The zero-order valence-corrected chi connectivity index (χ0v) is 20.4. The van der Waals surface area contributed by atoms with Gasteiger partial charge in [0, 0.05) is 11.8 Å². The molecule has 4 rings (SSSR count). The van der Waals surface area contributed by atoms with Gasteiger partial charge < -0.3 is 29.2 Å². The van der Waals surface area contributed by atoms with Crippen LogP contribution in [0.25, 0.3) is 0 Å². The van der Waals surface area contributed by atoms with Gasteiger partial charge in [-0.05, 0) is 19.4 Å². The molecule has 2 fully saturated rings. The van der Waals surface area contributed by atoms with Crippen LogP contribution < -0.4 is 16.7 Å². The molecule has 6 atom stereocenters. The molecule has 2 aliphatic rings. The summed E-state index contributed by atoms with van der Waals surface area (Å²) >= 11 is 0. The summed E-state index contributed by atoms with van der Waals surface area (Å²) in [7, 11) is -4.21. The number of nitrogens with zero attached hydrogens (tertiary/aromatic N) is 1. The number of rotatable bonds is 9. The number of ketones is 1. The van der Waals surface area contributed by atoms with E-state index in [0.717, 1.165) is 4.57 Å². The molecule has 3 heterocycles. The summed E-state index contributed by atoms with van der Waals surface area (Å²) in [6.07, 6.45) is -3.14. The van der Waals surface area contributed by atoms with E-state index < -0.39 is 67.1 Å². The first-order valence-corrected chi connectivity index (χ1v) is 12.3. The minimum atomic E-state index is -5.45. The van der Waals surface area contributed by atoms with Crippen LogP contribution in [0.2, 0.25) is 0 Å². The van der Waals surface area contributed by atoms with Gasteiger partial charge in [0.25, 0.3) is 5.56 Å². The fourth-order valence-electron chi connectivity index (χ4n) is 4.83. The number of hydrogen-bond donors (Lipinski definition) is 5. The van der Waals surface area contributed by atoms with Crippen molar-refractivity contribution >= 4 is 13.6 Å². The zero-order chi connectivity index (χ0) is 26.5. The molecular weight excluding hydrogens is 501 g/mol. The number of H-pyrrole nitrogens is 1. The van der Waals surface area contributed by atoms with Crippen molar-refractivity contribution < 1.29 is 43.1 Å². The summed E-state index contributed by atoms with van der Waals surface area (Å²) in [5.74, 6) is -0.951. The third-order valence-corrected chi connectivity index (χ3v) is 6.89. The molecule has 14 nitrogen and oxygen atoms in total. The largest absolute Gasteiger partial charge is 0.471 e. The zero-order valence-electron chi connectivity index (χ0n) is 19.5. The lowest BCUT2D eigenvalue weighted by Gasteiger charge is -2.47. The maximum absolute atomic E-state index is 14.0. The van der Waals surface area contributed by atoms with Crippen LogP contribution in [0.3, 0.4) is 0 Å². The van der Waals surface area contributed by atoms with E-state index in [-0.39, 0.29) is 11.1 Å². The number of carbonyl (C=O) groups is 1. The van der Waals surface area contributed by atoms with E-state index >= 15 is 0 Å². The van der Waals surface area contributed by atoms with Crippen molar-refractivity contribution in [1.29, 1.82) is 0 Å². The SMILES string of the molecule is CON[C@@H](C)C(=O)C(OP(=O)(O)O)(c1ccccc1)[C@@]12CO[C@H]([C@H](n3cc(C)c(=O)[nH]c3=O)O1)[C@H]2O. The summed E-state index contributed by atoms with van der Waals surface area (Å²) in [5.41, 5.74) is -3.86. The second kappa shape index (κ2) is 9.41. The van der Waals surface area contributed by atoms with Crippen LogP contribution in [0.5, 0.6) is 0 Å². The van der Waals surface area contributed by atoms with E-state index in [1.165, 1.54) is 51.4 Å². The molecule has 2 aliphatic heterocycles. The van der Waals surface area contributed by atoms with Crippen LogP contribution in [0.15, 0.2) is 46.1 Å². The predicted octanol–water partition coefficient (Wildman–Crippen LogP) is -1.01. The van der Waals surface area contributed by atoms with E-state index in [9.17, 15) is 33.8 Å². The molecule has 2 bridgehead atoms. The fourth-order valence-corrected chi connectivity index (χ4v) is 5.53. The summed E-state index contributed by atoms with van der Waals surface area (Å²) in [4.78, 5) is 65.3. The lowest BCUT2D eigenvalue weighted by atomic mass is 9.71. The second-order valence-electron chi connectivity index (χ2n) is 8.63. The summed E-state index contributed by atoms with van der Waals surface area (Å²) < 4.78 is 30.5. The summed E-state index contributed by atoms with van der Waals surface area (Å²) in [5, 5.41) is 11.4. The first-order valence-electron chi connectivity index (χ1n) is 10.8. The van der Waals surface area contributed by atoms with Crippen molar-refractivity contribution in [2.75, 3.05) is 13.7 Å². The number of aromatic nitrogens is 2. The molecule has 2 aromatic rings. The molecule has 196 valence electrons. The third-order valence-electron chi connectivity index (χ3n) is 6.38. The Morgan fingerprint density at radius 3 is 2.61 bits per heavy atom. The van der Waals surface area contributed by atoms with Crippen molar-refractivity contribution in [3.05, 3.63) is 68.5 Å². The molecule has 0 spiro atoms. The highest BCUT2D eigenvalue weighted by Gasteiger charge is 2.76. The van der Waals surface area contributed by atoms with Crippen LogP contribution >= 0.6 is 7.82 Å². The molecule has 0 amide bonds. The highest BCUT2D eigenvalue weighted by molar-refractivity contribution is 7.46. The number of aryl methyl sites for hydroxylation is 1. The first-order chi connectivity index (χ1) is 16.9. The number of nitrogens with one attached hydrogen (secondary N) is 2. The predicted molar refractivity (Wildman–Crippen MR) is 121 cm³/mol. The maximum atomic E-state index is 14.0. The number of aliphatic hydroxyl groups excluding tert-OH is 1. The molecular formula is C21H26N3O11P. The molecule has 0 saturated carbocycles. The second-order valence-corrected chi connectivity index (χ2v) is 9.80. The number of benzene rings is 1. The van der Waals surface area contributed by atoms with E-state index in [4.69, 9.17) is 18.8 Å².